The van der Waals surface area contributed by atoms with Crippen molar-refractivity contribution >= 4 is 11.6 Å². The third-order valence-corrected chi connectivity index (χ3v) is 3.39. The second-order valence-corrected chi connectivity index (χ2v) is 4.89. The highest BCUT2D eigenvalue weighted by Crippen LogP contribution is 2.10. The first kappa shape index (κ1) is 13.9. The van der Waals surface area contributed by atoms with E-state index >= 15 is 0 Å². The number of carbonyl (C=O) groups is 1. The van der Waals surface area contributed by atoms with Gasteiger partial charge in [-0.1, -0.05) is 12.1 Å². The Morgan fingerprint density at radius 2 is 2.09 bits per heavy atom. The molecule has 110 valence electrons. The third-order valence-electron chi connectivity index (χ3n) is 3.39. The molecule has 1 atom stereocenters. The number of fused-ring (bicyclic) bond motifs is 1. The molecule has 0 aliphatic heterocycles. The maximum absolute atomic E-state index is 12.3. The van der Waals surface area contributed by atoms with Crippen LogP contribution >= 0.6 is 0 Å². The summed E-state index contributed by atoms with van der Waals surface area (Å²) in [6.07, 6.45) is 6.24. The Morgan fingerprint density at radius 1 is 1.23 bits per heavy atom. The fraction of sp³-hybridized carbons (Fsp3) is 0.125. The van der Waals surface area contributed by atoms with Gasteiger partial charge >= 0.3 is 0 Å². The van der Waals surface area contributed by atoms with Gasteiger partial charge in [0.25, 0.3) is 11.5 Å². The molecule has 0 aliphatic rings. The number of rotatable bonds is 3. The zero-order valence-corrected chi connectivity index (χ0v) is 11.9. The Balaban J connectivity index is 1.90. The van der Waals surface area contributed by atoms with Gasteiger partial charge in [-0.15, -0.1) is 0 Å². The summed E-state index contributed by atoms with van der Waals surface area (Å²) in [5.74, 6) is -0.452. The SMILES string of the molecule is CC(NC(=O)c1cnc2ccccn2c1=O)c1cccnc1. The van der Waals surface area contributed by atoms with Crippen molar-refractivity contribution < 1.29 is 4.79 Å². The smallest absolute Gasteiger partial charge is 0.270 e. The highest BCUT2D eigenvalue weighted by atomic mass is 16.2. The number of amides is 1. The largest absolute Gasteiger partial charge is 0.345 e. The van der Waals surface area contributed by atoms with E-state index in [1.54, 1.807) is 42.9 Å². The van der Waals surface area contributed by atoms with Crippen molar-refractivity contribution in [3.8, 4) is 0 Å². The van der Waals surface area contributed by atoms with E-state index < -0.39 is 5.91 Å². The Bertz CT molecular complexity index is 874. The van der Waals surface area contributed by atoms with Crippen LogP contribution in [-0.4, -0.2) is 20.3 Å². The molecule has 3 aromatic heterocycles. The molecule has 1 amide bonds. The molecule has 22 heavy (non-hydrogen) atoms. The zero-order chi connectivity index (χ0) is 15.5. The summed E-state index contributed by atoms with van der Waals surface area (Å²) in [5, 5.41) is 2.79. The van der Waals surface area contributed by atoms with E-state index in [4.69, 9.17) is 0 Å². The van der Waals surface area contributed by atoms with Crippen LogP contribution in [0.1, 0.15) is 28.9 Å². The molecule has 0 saturated carbocycles. The fourth-order valence-electron chi connectivity index (χ4n) is 2.17. The molecule has 0 fully saturated rings. The van der Waals surface area contributed by atoms with Crippen molar-refractivity contribution in [3.05, 3.63) is 76.6 Å². The van der Waals surface area contributed by atoms with Gasteiger partial charge in [0, 0.05) is 24.8 Å². The lowest BCUT2D eigenvalue weighted by Crippen LogP contribution is -2.33. The predicted octanol–water partition coefficient (Wildman–Crippen LogP) is 1.58. The summed E-state index contributed by atoms with van der Waals surface area (Å²) >= 11 is 0. The summed E-state index contributed by atoms with van der Waals surface area (Å²) < 4.78 is 1.35. The lowest BCUT2D eigenvalue weighted by atomic mass is 10.1. The minimum Gasteiger partial charge on any atom is -0.345 e. The van der Waals surface area contributed by atoms with Gasteiger partial charge in [-0.2, -0.15) is 0 Å². The summed E-state index contributed by atoms with van der Waals surface area (Å²) in [6, 6.07) is 8.62. The number of hydrogen-bond donors (Lipinski definition) is 1. The molecule has 0 radical (unpaired) electrons. The second-order valence-electron chi connectivity index (χ2n) is 4.89. The third kappa shape index (κ3) is 2.58. The average Bonchev–Trinajstić information content (AvgIpc) is 2.56. The van der Waals surface area contributed by atoms with Crippen LogP contribution < -0.4 is 10.9 Å². The first-order valence-corrected chi connectivity index (χ1v) is 6.84. The van der Waals surface area contributed by atoms with Crippen molar-refractivity contribution in [2.45, 2.75) is 13.0 Å². The average molecular weight is 294 g/mol. The molecule has 0 aliphatic carbocycles. The zero-order valence-electron chi connectivity index (χ0n) is 11.9. The highest BCUT2D eigenvalue weighted by Gasteiger charge is 2.16. The number of aromatic nitrogens is 3. The molecule has 0 bridgehead atoms. The molecule has 6 nitrogen and oxygen atoms in total. The topological polar surface area (TPSA) is 76.4 Å². The minimum atomic E-state index is -0.452. The molecular weight excluding hydrogens is 280 g/mol. The van der Waals surface area contributed by atoms with Crippen LogP contribution in [0, 0.1) is 0 Å². The van der Waals surface area contributed by atoms with Gasteiger partial charge in [0.05, 0.1) is 6.04 Å². The van der Waals surface area contributed by atoms with Crippen LogP contribution in [0.25, 0.3) is 5.65 Å². The number of nitrogens with one attached hydrogen (secondary N) is 1. The Labute approximate surface area is 126 Å². The van der Waals surface area contributed by atoms with Crippen molar-refractivity contribution in [1.29, 1.82) is 0 Å². The van der Waals surface area contributed by atoms with Crippen molar-refractivity contribution in [3.63, 3.8) is 0 Å². The van der Waals surface area contributed by atoms with Gasteiger partial charge in [-0.3, -0.25) is 19.0 Å². The quantitative estimate of drug-likeness (QED) is 0.795. The molecule has 3 heterocycles. The standard InChI is InChI=1S/C16H14N4O2/c1-11(12-5-4-7-17-9-12)19-15(21)13-10-18-14-6-2-3-8-20(14)16(13)22/h2-11H,1H3,(H,19,21). The summed E-state index contributed by atoms with van der Waals surface area (Å²) in [4.78, 5) is 32.8. The Hall–Kier alpha value is -3.02. The summed E-state index contributed by atoms with van der Waals surface area (Å²) in [7, 11) is 0. The van der Waals surface area contributed by atoms with Crippen LogP contribution in [0.5, 0.6) is 0 Å². The van der Waals surface area contributed by atoms with Gasteiger partial charge < -0.3 is 5.32 Å². The predicted molar refractivity (Wildman–Crippen MR) is 81.6 cm³/mol. The van der Waals surface area contributed by atoms with Gasteiger partial charge in [0.15, 0.2) is 0 Å². The van der Waals surface area contributed by atoms with Crippen molar-refractivity contribution in [1.82, 2.24) is 19.7 Å². The highest BCUT2D eigenvalue weighted by molar-refractivity contribution is 5.94. The first-order chi connectivity index (χ1) is 10.7. The van der Waals surface area contributed by atoms with Crippen LogP contribution in [0.2, 0.25) is 0 Å². The first-order valence-electron chi connectivity index (χ1n) is 6.84. The molecule has 1 N–H and O–H groups in total. The molecular formula is C16H14N4O2. The van der Waals surface area contributed by atoms with E-state index in [0.717, 1.165) is 5.56 Å². The molecule has 0 saturated heterocycles. The number of nitrogens with zero attached hydrogens (tertiary/aromatic N) is 3. The number of pyridine rings is 2. The van der Waals surface area contributed by atoms with E-state index in [9.17, 15) is 9.59 Å². The van der Waals surface area contributed by atoms with Gasteiger partial charge in [0.2, 0.25) is 0 Å². The molecule has 0 spiro atoms. The van der Waals surface area contributed by atoms with Gasteiger partial charge in [-0.25, -0.2) is 4.98 Å². The summed E-state index contributed by atoms with van der Waals surface area (Å²) in [6.45, 7) is 1.83. The van der Waals surface area contributed by atoms with Crippen LogP contribution in [-0.2, 0) is 0 Å². The lowest BCUT2D eigenvalue weighted by molar-refractivity contribution is 0.0938. The van der Waals surface area contributed by atoms with E-state index in [1.165, 1.54) is 10.6 Å². The molecule has 3 rings (SSSR count). The van der Waals surface area contributed by atoms with E-state index in [-0.39, 0.29) is 17.2 Å². The van der Waals surface area contributed by atoms with Gasteiger partial charge in [-0.05, 0) is 30.7 Å². The maximum Gasteiger partial charge on any atom is 0.270 e. The number of hydrogen-bond acceptors (Lipinski definition) is 4. The minimum absolute atomic E-state index is 0.0134. The lowest BCUT2D eigenvalue weighted by Gasteiger charge is -2.13. The number of carbonyl (C=O) groups excluding carboxylic acids is 1. The normalized spacial score (nSPS) is 12.0. The van der Waals surface area contributed by atoms with Crippen LogP contribution in [0.3, 0.4) is 0 Å². The monoisotopic (exact) mass is 294 g/mol. The fourth-order valence-corrected chi connectivity index (χ4v) is 2.17. The van der Waals surface area contributed by atoms with Crippen molar-refractivity contribution in [2.24, 2.45) is 0 Å². The molecule has 1 unspecified atom stereocenters. The summed E-state index contributed by atoms with van der Waals surface area (Å²) in [5.41, 5.74) is 0.995. The van der Waals surface area contributed by atoms with Crippen LogP contribution in [0.15, 0.2) is 59.9 Å². The second kappa shape index (κ2) is 5.77. The maximum atomic E-state index is 12.3. The molecule has 6 heteroatoms. The molecule has 3 aromatic rings. The van der Waals surface area contributed by atoms with Crippen LogP contribution in [0.4, 0.5) is 0 Å². The van der Waals surface area contributed by atoms with E-state index in [0.29, 0.717) is 5.65 Å². The molecule has 0 aromatic carbocycles. The Morgan fingerprint density at radius 3 is 2.86 bits per heavy atom. The Kier molecular flexibility index (Phi) is 3.65. The van der Waals surface area contributed by atoms with E-state index in [1.807, 2.05) is 13.0 Å². The van der Waals surface area contributed by atoms with Gasteiger partial charge in [0.1, 0.15) is 11.2 Å². The van der Waals surface area contributed by atoms with E-state index in [2.05, 4.69) is 15.3 Å². The van der Waals surface area contributed by atoms with Crippen molar-refractivity contribution in [2.75, 3.05) is 0 Å².